The Labute approximate surface area is 182 Å². The zero-order chi connectivity index (χ0) is 21.0. The molecule has 1 amide bonds. The molecule has 6 nitrogen and oxygen atoms in total. The van der Waals surface area contributed by atoms with Gasteiger partial charge in [-0.3, -0.25) is 9.78 Å². The number of carbonyl (C=O) groups excluding carboxylic acids is 1. The lowest BCUT2D eigenvalue weighted by molar-refractivity contribution is 0.0951. The minimum atomic E-state index is -0.0778. The van der Waals surface area contributed by atoms with Crippen LogP contribution in [0.3, 0.4) is 0 Å². The van der Waals surface area contributed by atoms with Crippen LogP contribution < -0.4 is 15.4 Å². The molecule has 0 aliphatic heterocycles. The minimum absolute atomic E-state index is 0.0778. The molecule has 2 aliphatic rings. The topological polar surface area (TPSA) is 76.1 Å². The first-order valence-corrected chi connectivity index (χ1v) is 10.9. The normalized spacial score (nSPS) is 19.6. The van der Waals surface area contributed by atoms with Crippen LogP contribution >= 0.6 is 0 Å². The van der Waals surface area contributed by atoms with Gasteiger partial charge >= 0.3 is 0 Å². The fourth-order valence-electron chi connectivity index (χ4n) is 3.77. The Morgan fingerprint density at radius 1 is 1.10 bits per heavy atom. The van der Waals surface area contributed by atoms with Crippen molar-refractivity contribution >= 4 is 5.91 Å². The first-order valence-electron chi connectivity index (χ1n) is 10.9. The third kappa shape index (κ3) is 5.27. The van der Waals surface area contributed by atoms with Crippen LogP contribution in [0, 0.1) is 5.92 Å². The second-order valence-electron chi connectivity index (χ2n) is 8.40. The molecule has 0 bridgehead atoms. The van der Waals surface area contributed by atoms with Gasteiger partial charge in [-0.25, -0.2) is 4.98 Å². The Morgan fingerprint density at radius 2 is 1.97 bits per heavy atom. The Kier molecular flexibility index (Phi) is 5.63. The molecule has 6 heteroatoms. The van der Waals surface area contributed by atoms with Crippen molar-refractivity contribution in [2.24, 2.45) is 5.92 Å². The zero-order valence-electron chi connectivity index (χ0n) is 17.3. The van der Waals surface area contributed by atoms with Crippen molar-refractivity contribution in [2.45, 2.75) is 37.8 Å². The highest BCUT2D eigenvalue weighted by atomic mass is 16.5. The van der Waals surface area contributed by atoms with Gasteiger partial charge in [0.05, 0.1) is 6.20 Å². The number of hydrogen-bond acceptors (Lipinski definition) is 5. The first kappa shape index (κ1) is 19.7. The Morgan fingerprint density at radius 3 is 2.74 bits per heavy atom. The number of rotatable bonds is 9. The van der Waals surface area contributed by atoms with E-state index in [1.807, 2.05) is 36.4 Å². The Hall–Kier alpha value is -3.25. The molecule has 2 atom stereocenters. The standard InChI is InChI=1S/C25H26N4O2/c30-25(20-8-6-19(7-9-20)22-13-23(22)28-14-17-4-5-17)29-15-18-2-1-3-21(12-18)31-24-16-26-10-11-27-24/h1-3,6-12,16-17,22-23,28H,4-5,13-15H2,(H,29,30)/t22-,23+/m0/s1. The molecule has 0 spiro atoms. The van der Waals surface area contributed by atoms with E-state index >= 15 is 0 Å². The molecule has 158 valence electrons. The average molecular weight is 415 g/mol. The van der Waals surface area contributed by atoms with Crippen LogP contribution in [0.4, 0.5) is 0 Å². The lowest BCUT2D eigenvalue weighted by Gasteiger charge is -2.09. The van der Waals surface area contributed by atoms with E-state index in [9.17, 15) is 4.79 Å². The van der Waals surface area contributed by atoms with Crippen LogP contribution in [-0.2, 0) is 6.54 Å². The summed E-state index contributed by atoms with van der Waals surface area (Å²) in [6.45, 7) is 1.58. The van der Waals surface area contributed by atoms with E-state index < -0.39 is 0 Å². The fourth-order valence-corrected chi connectivity index (χ4v) is 3.77. The van der Waals surface area contributed by atoms with Gasteiger partial charge in [0.15, 0.2) is 0 Å². The highest BCUT2D eigenvalue weighted by Gasteiger charge is 2.38. The number of carbonyl (C=O) groups is 1. The summed E-state index contributed by atoms with van der Waals surface area (Å²) in [5, 5.41) is 6.65. The molecular weight excluding hydrogens is 388 g/mol. The first-order chi connectivity index (χ1) is 15.2. The summed E-state index contributed by atoms with van der Waals surface area (Å²) in [7, 11) is 0. The molecule has 2 fully saturated rings. The molecule has 31 heavy (non-hydrogen) atoms. The molecule has 3 aromatic rings. The number of aromatic nitrogens is 2. The van der Waals surface area contributed by atoms with Gasteiger partial charge in [-0.1, -0.05) is 24.3 Å². The maximum Gasteiger partial charge on any atom is 0.251 e. The fraction of sp³-hybridized carbons (Fsp3) is 0.320. The van der Waals surface area contributed by atoms with Crippen molar-refractivity contribution in [3.63, 3.8) is 0 Å². The molecule has 1 heterocycles. The second kappa shape index (κ2) is 8.86. The van der Waals surface area contributed by atoms with E-state index in [1.54, 1.807) is 18.6 Å². The van der Waals surface area contributed by atoms with E-state index in [-0.39, 0.29) is 5.91 Å². The number of nitrogens with one attached hydrogen (secondary N) is 2. The Balaban J connectivity index is 1.12. The number of nitrogens with zero attached hydrogens (tertiary/aromatic N) is 2. The van der Waals surface area contributed by atoms with Crippen LogP contribution in [0.25, 0.3) is 0 Å². The average Bonchev–Trinajstić information content (AvgIpc) is 3.72. The van der Waals surface area contributed by atoms with Crippen molar-refractivity contribution < 1.29 is 9.53 Å². The predicted molar refractivity (Wildman–Crippen MR) is 118 cm³/mol. The molecule has 5 rings (SSSR count). The lowest BCUT2D eigenvalue weighted by atomic mass is 10.1. The van der Waals surface area contributed by atoms with Gasteiger partial charge in [-0.2, -0.15) is 0 Å². The number of ether oxygens (including phenoxy) is 1. The molecule has 2 N–H and O–H groups in total. The molecule has 1 aromatic heterocycles. The molecule has 2 aliphatic carbocycles. The van der Waals surface area contributed by atoms with Crippen LogP contribution in [0.15, 0.2) is 67.1 Å². The van der Waals surface area contributed by atoms with E-state index in [2.05, 4.69) is 32.7 Å². The summed E-state index contributed by atoms with van der Waals surface area (Å²) in [4.78, 5) is 20.7. The van der Waals surface area contributed by atoms with Gasteiger partial charge in [0.2, 0.25) is 5.88 Å². The van der Waals surface area contributed by atoms with Crippen molar-refractivity contribution in [1.29, 1.82) is 0 Å². The van der Waals surface area contributed by atoms with Crippen molar-refractivity contribution in [1.82, 2.24) is 20.6 Å². The summed E-state index contributed by atoms with van der Waals surface area (Å²) >= 11 is 0. The number of amides is 1. The summed E-state index contributed by atoms with van der Waals surface area (Å²) in [6, 6.07) is 16.2. The SMILES string of the molecule is O=C(NCc1cccc(Oc2cnccn2)c1)c1ccc([C@@H]2C[C@H]2NCC2CC2)cc1. The maximum atomic E-state index is 12.6. The molecule has 0 unspecified atom stereocenters. The molecular formula is C25H26N4O2. The summed E-state index contributed by atoms with van der Waals surface area (Å²) < 4.78 is 5.70. The lowest BCUT2D eigenvalue weighted by Crippen LogP contribution is -2.22. The number of benzene rings is 2. The summed E-state index contributed by atoms with van der Waals surface area (Å²) in [5.74, 6) is 2.51. The van der Waals surface area contributed by atoms with E-state index in [1.165, 1.54) is 24.8 Å². The Bertz CT molecular complexity index is 1030. The van der Waals surface area contributed by atoms with Crippen molar-refractivity contribution in [3.05, 3.63) is 83.8 Å². The van der Waals surface area contributed by atoms with E-state index in [4.69, 9.17) is 4.74 Å². The van der Waals surface area contributed by atoms with Crippen LogP contribution in [0.1, 0.15) is 46.7 Å². The summed E-state index contributed by atoms with van der Waals surface area (Å²) in [5.41, 5.74) is 2.95. The zero-order valence-corrected chi connectivity index (χ0v) is 17.3. The molecule has 0 saturated heterocycles. The van der Waals surface area contributed by atoms with Crippen LogP contribution in [0.5, 0.6) is 11.6 Å². The quantitative estimate of drug-likeness (QED) is 0.552. The highest BCUT2D eigenvalue weighted by molar-refractivity contribution is 5.94. The predicted octanol–water partition coefficient (Wildman–Crippen LogP) is 4.05. The molecule has 0 radical (unpaired) electrons. The largest absolute Gasteiger partial charge is 0.437 e. The van der Waals surface area contributed by atoms with Gasteiger partial charge in [0, 0.05) is 36.5 Å². The maximum absolute atomic E-state index is 12.6. The third-order valence-corrected chi connectivity index (χ3v) is 5.87. The van der Waals surface area contributed by atoms with Gasteiger partial charge < -0.3 is 15.4 Å². The molecule has 2 aromatic carbocycles. The van der Waals surface area contributed by atoms with E-state index in [0.29, 0.717) is 35.7 Å². The van der Waals surface area contributed by atoms with Gasteiger partial charge in [-0.15, -0.1) is 0 Å². The smallest absolute Gasteiger partial charge is 0.251 e. The van der Waals surface area contributed by atoms with Crippen LogP contribution in [-0.4, -0.2) is 28.5 Å². The minimum Gasteiger partial charge on any atom is -0.437 e. The monoisotopic (exact) mass is 414 g/mol. The van der Waals surface area contributed by atoms with Crippen LogP contribution in [0.2, 0.25) is 0 Å². The van der Waals surface area contributed by atoms with E-state index in [0.717, 1.165) is 18.0 Å². The highest BCUT2D eigenvalue weighted by Crippen LogP contribution is 2.41. The summed E-state index contributed by atoms with van der Waals surface area (Å²) in [6.07, 6.45) is 8.70. The van der Waals surface area contributed by atoms with Gasteiger partial charge in [0.25, 0.3) is 5.91 Å². The number of hydrogen-bond donors (Lipinski definition) is 2. The molecule has 2 saturated carbocycles. The van der Waals surface area contributed by atoms with Crippen molar-refractivity contribution in [2.75, 3.05) is 6.54 Å². The second-order valence-corrected chi connectivity index (χ2v) is 8.40. The van der Waals surface area contributed by atoms with Gasteiger partial charge in [-0.05, 0) is 67.1 Å². The van der Waals surface area contributed by atoms with Gasteiger partial charge in [0.1, 0.15) is 5.75 Å². The van der Waals surface area contributed by atoms with Crippen molar-refractivity contribution in [3.8, 4) is 11.6 Å². The third-order valence-electron chi connectivity index (χ3n) is 5.87.